The van der Waals surface area contributed by atoms with E-state index in [-0.39, 0.29) is 17.6 Å². The van der Waals surface area contributed by atoms with Crippen molar-refractivity contribution in [3.63, 3.8) is 0 Å². The number of hydrogen-bond acceptors (Lipinski definition) is 4. The van der Waals surface area contributed by atoms with Crippen molar-refractivity contribution in [2.75, 3.05) is 20.3 Å². The number of methoxy groups -OCH3 is 1. The molecule has 12 heavy (non-hydrogen) atoms. The van der Waals surface area contributed by atoms with Crippen molar-refractivity contribution in [2.24, 2.45) is 0 Å². The van der Waals surface area contributed by atoms with Crippen LogP contribution in [0.5, 0.6) is 0 Å². The molecule has 1 rings (SSSR count). The second-order valence-corrected chi connectivity index (χ2v) is 3.53. The van der Waals surface area contributed by atoms with E-state index in [0.717, 1.165) is 0 Å². The minimum atomic E-state index is -0.303. The number of hydrogen-bond donors (Lipinski definition) is 1. The van der Waals surface area contributed by atoms with Crippen LogP contribution in [-0.4, -0.2) is 37.9 Å². The minimum absolute atomic E-state index is 0.176. The van der Waals surface area contributed by atoms with E-state index in [9.17, 15) is 4.79 Å². The number of morpholine rings is 1. The molecule has 4 nitrogen and oxygen atoms in total. The predicted molar refractivity (Wildman–Crippen MR) is 43.8 cm³/mol. The third-order valence-corrected chi connectivity index (χ3v) is 1.90. The zero-order chi connectivity index (χ0) is 9.19. The number of esters is 1. The Morgan fingerprint density at radius 2 is 2.33 bits per heavy atom. The topological polar surface area (TPSA) is 47.6 Å². The highest BCUT2D eigenvalue weighted by atomic mass is 16.5. The highest BCUT2D eigenvalue weighted by Gasteiger charge is 2.31. The summed E-state index contributed by atoms with van der Waals surface area (Å²) < 4.78 is 10.0. The van der Waals surface area contributed by atoms with E-state index in [4.69, 9.17) is 4.74 Å². The van der Waals surface area contributed by atoms with Gasteiger partial charge in [-0.1, -0.05) is 0 Å². The van der Waals surface area contributed by atoms with Gasteiger partial charge in [0.15, 0.2) is 0 Å². The van der Waals surface area contributed by atoms with Crippen LogP contribution < -0.4 is 5.32 Å². The molecule has 0 bridgehead atoms. The summed E-state index contributed by atoms with van der Waals surface area (Å²) in [6, 6.07) is -0.303. The molecule has 0 aliphatic carbocycles. The van der Waals surface area contributed by atoms with Crippen molar-refractivity contribution < 1.29 is 14.3 Å². The molecule has 1 atom stereocenters. The number of ether oxygens (including phenoxy) is 2. The van der Waals surface area contributed by atoms with Gasteiger partial charge in [-0.2, -0.15) is 0 Å². The molecule has 70 valence electrons. The molecule has 1 heterocycles. The Hall–Kier alpha value is -0.610. The molecular weight excluding hydrogens is 158 g/mol. The van der Waals surface area contributed by atoms with Gasteiger partial charge in [0.05, 0.1) is 19.3 Å². The fraction of sp³-hybridized carbons (Fsp3) is 0.875. The molecule has 1 aliphatic rings. The Morgan fingerprint density at radius 1 is 1.67 bits per heavy atom. The van der Waals surface area contributed by atoms with Crippen molar-refractivity contribution in [2.45, 2.75) is 25.5 Å². The van der Waals surface area contributed by atoms with Crippen LogP contribution in [0.1, 0.15) is 13.8 Å². The van der Waals surface area contributed by atoms with Gasteiger partial charge in [0.1, 0.15) is 6.04 Å². The second kappa shape index (κ2) is 3.41. The van der Waals surface area contributed by atoms with Crippen LogP contribution in [0.3, 0.4) is 0 Å². The Morgan fingerprint density at radius 3 is 2.75 bits per heavy atom. The van der Waals surface area contributed by atoms with Gasteiger partial charge in [-0.3, -0.25) is 10.1 Å². The lowest BCUT2D eigenvalue weighted by Crippen LogP contribution is -2.54. The van der Waals surface area contributed by atoms with E-state index in [1.54, 1.807) is 0 Å². The van der Waals surface area contributed by atoms with E-state index >= 15 is 0 Å². The summed E-state index contributed by atoms with van der Waals surface area (Å²) in [5.74, 6) is -0.259. The van der Waals surface area contributed by atoms with Crippen LogP contribution >= 0.6 is 0 Å². The Kier molecular flexibility index (Phi) is 2.69. The van der Waals surface area contributed by atoms with Crippen molar-refractivity contribution >= 4 is 5.97 Å². The highest BCUT2D eigenvalue weighted by molar-refractivity contribution is 5.75. The average Bonchev–Trinajstić information content (AvgIpc) is 2.03. The summed E-state index contributed by atoms with van der Waals surface area (Å²) in [4.78, 5) is 11.0. The third kappa shape index (κ3) is 2.19. The maximum absolute atomic E-state index is 11.0. The molecule has 4 heteroatoms. The zero-order valence-electron chi connectivity index (χ0n) is 7.72. The Bertz CT molecular complexity index is 169. The lowest BCUT2D eigenvalue weighted by atomic mass is 10.1. The zero-order valence-corrected chi connectivity index (χ0v) is 7.72. The highest BCUT2D eigenvalue weighted by Crippen LogP contribution is 2.13. The van der Waals surface area contributed by atoms with Gasteiger partial charge in [0, 0.05) is 6.54 Å². The summed E-state index contributed by atoms with van der Waals surface area (Å²) in [6.07, 6.45) is 0. The molecule has 1 fully saturated rings. The van der Waals surface area contributed by atoms with E-state index in [1.807, 2.05) is 13.8 Å². The molecule has 0 spiro atoms. The molecule has 0 radical (unpaired) electrons. The third-order valence-electron chi connectivity index (χ3n) is 1.90. The smallest absolute Gasteiger partial charge is 0.325 e. The van der Waals surface area contributed by atoms with Gasteiger partial charge in [-0.15, -0.1) is 0 Å². The molecule has 0 amide bonds. The largest absolute Gasteiger partial charge is 0.468 e. The lowest BCUT2D eigenvalue weighted by Gasteiger charge is -2.34. The van der Waals surface area contributed by atoms with Crippen LogP contribution in [0.15, 0.2) is 0 Å². The molecule has 0 saturated carbocycles. The first-order valence-corrected chi connectivity index (χ1v) is 4.00. The maximum Gasteiger partial charge on any atom is 0.325 e. The molecule has 1 aliphatic heterocycles. The first-order chi connectivity index (χ1) is 5.55. The fourth-order valence-corrected chi connectivity index (χ4v) is 1.08. The lowest BCUT2D eigenvalue weighted by molar-refractivity contribution is -0.150. The SMILES string of the molecule is COC(=O)[C@H]1COC(C)(C)CN1. The Balaban J connectivity index is 2.41. The normalized spacial score (nSPS) is 28.1. The van der Waals surface area contributed by atoms with Crippen LogP contribution in [0.4, 0.5) is 0 Å². The molecule has 0 aromatic rings. The van der Waals surface area contributed by atoms with Gasteiger partial charge < -0.3 is 9.47 Å². The summed E-state index contributed by atoms with van der Waals surface area (Å²) in [6.45, 7) is 5.02. The number of carbonyl (C=O) groups excluding carboxylic acids is 1. The summed E-state index contributed by atoms with van der Waals surface area (Å²) >= 11 is 0. The van der Waals surface area contributed by atoms with Crippen LogP contribution in [0.2, 0.25) is 0 Å². The van der Waals surface area contributed by atoms with E-state index < -0.39 is 0 Å². The second-order valence-electron chi connectivity index (χ2n) is 3.53. The van der Waals surface area contributed by atoms with Crippen molar-refractivity contribution in [3.8, 4) is 0 Å². The predicted octanol–water partition coefficient (Wildman–Crippen LogP) is -0.0736. The van der Waals surface area contributed by atoms with Crippen LogP contribution in [-0.2, 0) is 14.3 Å². The summed E-state index contributed by atoms with van der Waals surface area (Å²) in [5.41, 5.74) is -0.176. The van der Waals surface area contributed by atoms with Crippen LogP contribution in [0, 0.1) is 0 Å². The molecule has 0 aromatic heterocycles. The van der Waals surface area contributed by atoms with Gasteiger partial charge >= 0.3 is 5.97 Å². The minimum Gasteiger partial charge on any atom is -0.468 e. The molecule has 0 aromatic carbocycles. The number of carbonyl (C=O) groups is 1. The molecule has 1 saturated heterocycles. The van der Waals surface area contributed by atoms with Gasteiger partial charge in [0.25, 0.3) is 0 Å². The first-order valence-electron chi connectivity index (χ1n) is 4.00. The van der Waals surface area contributed by atoms with E-state index in [0.29, 0.717) is 13.2 Å². The standard InChI is InChI=1S/C8H15NO3/c1-8(2)5-9-6(4-12-8)7(10)11-3/h6,9H,4-5H2,1-3H3/t6-/m1/s1. The van der Waals surface area contributed by atoms with Crippen molar-refractivity contribution in [1.29, 1.82) is 0 Å². The average molecular weight is 173 g/mol. The fourth-order valence-electron chi connectivity index (χ4n) is 1.08. The molecule has 0 unspecified atom stereocenters. The summed E-state index contributed by atoms with van der Waals surface area (Å²) in [5, 5.41) is 3.06. The number of rotatable bonds is 1. The van der Waals surface area contributed by atoms with Crippen molar-refractivity contribution in [3.05, 3.63) is 0 Å². The Labute approximate surface area is 72.2 Å². The molecule has 1 N–H and O–H groups in total. The van der Waals surface area contributed by atoms with E-state index in [1.165, 1.54) is 7.11 Å². The van der Waals surface area contributed by atoms with Gasteiger partial charge in [-0.25, -0.2) is 0 Å². The van der Waals surface area contributed by atoms with Crippen LogP contribution in [0.25, 0.3) is 0 Å². The van der Waals surface area contributed by atoms with Gasteiger partial charge in [0.2, 0.25) is 0 Å². The van der Waals surface area contributed by atoms with E-state index in [2.05, 4.69) is 10.1 Å². The first kappa shape index (κ1) is 9.48. The maximum atomic E-state index is 11.0. The summed E-state index contributed by atoms with van der Waals surface area (Å²) in [7, 11) is 1.38. The number of nitrogens with one attached hydrogen (secondary N) is 1. The molecular formula is C8H15NO3. The van der Waals surface area contributed by atoms with Crippen molar-refractivity contribution in [1.82, 2.24) is 5.32 Å². The van der Waals surface area contributed by atoms with Gasteiger partial charge in [-0.05, 0) is 13.8 Å². The monoisotopic (exact) mass is 173 g/mol. The quantitative estimate of drug-likeness (QED) is 0.564.